The van der Waals surface area contributed by atoms with Crippen LogP contribution in [0.4, 0.5) is 0 Å². The van der Waals surface area contributed by atoms with E-state index in [2.05, 4.69) is 134 Å². The van der Waals surface area contributed by atoms with Gasteiger partial charge in [-0.25, -0.2) is 0 Å². The molecule has 2 heteroatoms. The first-order valence-corrected chi connectivity index (χ1v) is 18.3. The Balaban J connectivity index is 1.84. The highest BCUT2D eigenvalue weighted by Crippen LogP contribution is 2.55. The Kier molecular flexibility index (Phi) is 11.1. The second-order valence-electron chi connectivity index (χ2n) is 14.4. The summed E-state index contributed by atoms with van der Waals surface area (Å²) in [6.45, 7) is 14.0. The Labute approximate surface area is 268 Å². The zero-order valence-corrected chi connectivity index (χ0v) is 29.7. The molecule has 41 heavy (non-hydrogen) atoms. The predicted molar refractivity (Wildman–Crippen MR) is 189 cm³/mol. The van der Waals surface area contributed by atoms with Gasteiger partial charge < -0.3 is 0 Å². The molecule has 1 aliphatic rings. The maximum Gasteiger partial charge on any atom is 0.0215 e. The summed E-state index contributed by atoms with van der Waals surface area (Å²) in [7, 11) is 0. The Bertz CT molecular complexity index is 1270. The van der Waals surface area contributed by atoms with Crippen molar-refractivity contribution in [2.24, 2.45) is 0 Å². The number of unbranched alkanes of at least 4 members (excludes halogenated alkanes) is 6. The maximum absolute atomic E-state index is 3.65. The maximum atomic E-state index is 3.65. The molecule has 3 aromatic rings. The third kappa shape index (κ3) is 7.59. The van der Waals surface area contributed by atoms with Crippen LogP contribution in [0.2, 0.25) is 0 Å². The minimum atomic E-state index is 0.0897. The molecule has 0 aromatic heterocycles. The predicted octanol–water partition coefficient (Wildman–Crippen LogP) is 12.9. The van der Waals surface area contributed by atoms with E-state index in [0.29, 0.717) is 0 Å². The van der Waals surface area contributed by atoms with Gasteiger partial charge in [0.15, 0.2) is 0 Å². The average Bonchev–Trinajstić information content (AvgIpc) is 3.20. The van der Waals surface area contributed by atoms with E-state index in [-0.39, 0.29) is 16.2 Å². The van der Waals surface area contributed by atoms with Gasteiger partial charge in [0.2, 0.25) is 0 Å². The largest absolute Gasteiger partial charge is 0.0928 e. The first-order chi connectivity index (χ1) is 19.5. The summed E-state index contributed by atoms with van der Waals surface area (Å²) in [6, 6.07) is 24.1. The van der Waals surface area contributed by atoms with Crippen molar-refractivity contribution in [1.82, 2.24) is 0 Å². The van der Waals surface area contributed by atoms with Gasteiger partial charge >= 0.3 is 0 Å². The number of hydrogen-bond donors (Lipinski definition) is 0. The highest BCUT2D eigenvalue weighted by molar-refractivity contribution is 9.09. The van der Waals surface area contributed by atoms with E-state index in [0.717, 1.165) is 10.7 Å². The first-order valence-electron chi connectivity index (χ1n) is 16.0. The first kappa shape index (κ1) is 32.5. The average molecular weight is 681 g/mol. The summed E-state index contributed by atoms with van der Waals surface area (Å²) in [5.74, 6) is 0. The smallest absolute Gasteiger partial charge is 0.0215 e. The number of fused-ring (bicyclic) bond motifs is 3. The molecule has 0 saturated heterocycles. The summed E-state index contributed by atoms with van der Waals surface area (Å²) in [6.07, 6.45) is 12.9. The summed E-state index contributed by atoms with van der Waals surface area (Å²) in [5, 5.41) is 2.23. The summed E-state index contributed by atoms with van der Waals surface area (Å²) < 4.78 is 0. The highest BCUT2D eigenvalue weighted by atomic mass is 79.9. The lowest BCUT2D eigenvalue weighted by Gasteiger charge is -2.34. The van der Waals surface area contributed by atoms with E-state index in [4.69, 9.17) is 0 Å². The normalized spacial score (nSPS) is 14.2. The summed E-state index contributed by atoms with van der Waals surface area (Å²) >= 11 is 7.29. The molecule has 4 rings (SSSR count). The van der Waals surface area contributed by atoms with Gasteiger partial charge in [-0.2, -0.15) is 0 Å². The summed E-state index contributed by atoms with van der Waals surface area (Å²) in [4.78, 5) is 0. The fourth-order valence-corrected chi connectivity index (χ4v) is 7.51. The van der Waals surface area contributed by atoms with Gasteiger partial charge in [0, 0.05) is 16.1 Å². The Hall–Kier alpha value is -1.38. The Morgan fingerprint density at radius 3 is 1.56 bits per heavy atom. The SMILES string of the molecule is CC(C)(C)c1cccc(-c2ccc3c(c2)C(CCCCCCBr)(CCCCCCBr)c2cc(C(C)(C)C)ccc2-3)c1. The van der Waals surface area contributed by atoms with Crippen molar-refractivity contribution in [3.63, 3.8) is 0 Å². The lowest BCUT2D eigenvalue weighted by Crippen LogP contribution is -2.26. The van der Waals surface area contributed by atoms with E-state index in [1.54, 1.807) is 11.1 Å². The monoisotopic (exact) mass is 678 g/mol. The molecule has 0 radical (unpaired) electrons. The zero-order valence-electron chi connectivity index (χ0n) is 26.5. The van der Waals surface area contributed by atoms with Crippen LogP contribution in [-0.2, 0) is 16.2 Å². The number of hydrogen-bond acceptors (Lipinski definition) is 0. The second kappa shape index (κ2) is 13.9. The van der Waals surface area contributed by atoms with Crippen molar-refractivity contribution in [1.29, 1.82) is 0 Å². The van der Waals surface area contributed by atoms with Gasteiger partial charge in [-0.1, -0.05) is 167 Å². The molecule has 0 bridgehead atoms. The minimum absolute atomic E-state index is 0.0897. The van der Waals surface area contributed by atoms with Gasteiger partial charge in [0.05, 0.1) is 0 Å². The summed E-state index contributed by atoms with van der Waals surface area (Å²) in [5.41, 5.74) is 12.1. The zero-order chi connectivity index (χ0) is 29.7. The molecule has 0 N–H and O–H groups in total. The molecular weight excluding hydrogens is 628 g/mol. The second-order valence-corrected chi connectivity index (χ2v) is 16.0. The van der Waals surface area contributed by atoms with E-state index >= 15 is 0 Å². The highest BCUT2D eigenvalue weighted by Gasteiger charge is 2.43. The van der Waals surface area contributed by atoms with Crippen LogP contribution in [0.1, 0.15) is 128 Å². The van der Waals surface area contributed by atoms with Gasteiger partial charge in [-0.3, -0.25) is 0 Å². The van der Waals surface area contributed by atoms with Gasteiger partial charge in [0.1, 0.15) is 0 Å². The van der Waals surface area contributed by atoms with E-state index in [9.17, 15) is 0 Å². The van der Waals surface area contributed by atoms with E-state index in [1.807, 2.05) is 0 Å². The van der Waals surface area contributed by atoms with Crippen LogP contribution in [-0.4, -0.2) is 10.7 Å². The molecule has 0 fully saturated rings. The van der Waals surface area contributed by atoms with E-state index in [1.165, 1.54) is 97.6 Å². The molecule has 222 valence electrons. The number of rotatable bonds is 13. The molecule has 0 heterocycles. The molecule has 0 unspecified atom stereocenters. The Morgan fingerprint density at radius 1 is 0.512 bits per heavy atom. The van der Waals surface area contributed by atoms with Crippen molar-refractivity contribution in [2.45, 2.75) is 122 Å². The van der Waals surface area contributed by atoms with Gasteiger partial charge in [-0.05, 0) is 87.1 Å². The van der Waals surface area contributed by atoms with Crippen molar-refractivity contribution in [2.75, 3.05) is 10.7 Å². The van der Waals surface area contributed by atoms with Crippen molar-refractivity contribution < 1.29 is 0 Å². The molecule has 0 amide bonds. The molecule has 0 nitrogen and oxygen atoms in total. The molecule has 0 saturated carbocycles. The third-order valence-corrected chi connectivity index (χ3v) is 10.4. The van der Waals surface area contributed by atoms with Crippen LogP contribution in [0.15, 0.2) is 60.7 Å². The van der Waals surface area contributed by atoms with Crippen LogP contribution in [0, 0.1) is 0 Å². The van der Waals surface area contributed by atoms with Crippen LogP contribution < -0.4 is 0 Å². The van der Waals surface area contributed by atoms with Crippen LogP contribution in [0.3, 0.4) is 0 Å². The van der Waals surface area contributed by atoms with Crippen LogP contribution in [0.5, 0.6) is 0 Å². The van der Waals surface area contributed by atoms with Gasteiger partial charge in [0.25, 0.3) is 0 Å². The van der Waals surface area contributed by atoms with Crippen molar-refractivity contribution >= 4 is 31.9 Å². The molecular formula is C39H52Br2. The topological polar surface area (TPSA) is 0 Å². The third-order valence-electron chi connectivity index (χ3n) is 9.26. The minimum Gasteiger partial charge on any atom is -0.0928 e. The van der Waals surface area contributed by atoms with Crippen LogP contribution >= 0.6 is 31.9 Å². The van der Waals surface area contributed by atoms with Gasteiger partial charge in [-0.15, -0.1) is 0 Å². The number of benzene rings is 3. The Morgan fingerprint density at radius 2 is 1.00 bits per heavy atom. The fourth-order valence-electron chi connectivity index (χ4n) is 6.72. The van der Waals surface area contributed by atoms with Crippen molar-refractivity contribution in [3.8, 4) is 22.3 Å². The standard InChI is InChI=1S/C39H52Br2/c1-37(2,3)31-17-15-16-29(26-31)30-18-20-33-34-21-19-32(38(4,5)6)28-36(34)39(35(33)27-30,22-11-7-9-13-24-40)23-12-8-10-14-25-41/h15-21,26-28H,7-14,22-25H2,1-6H3. The molecule has 0 aliphatic heterocycles. The lowest BCUT2D eigenvalue weighted by atomic mass is 9.69. The quantitative estimate of drug-likeness (QED) is 0.125. The fraction of sp³-hybridized carbons (Fsp3) is 0.538. The number of alkyl halides is 2. The number of halogens is 2. The lowest BCUT2D eigenvalue weighted by molar-refractivity contribution is 0.400. The van der Waals surface area contributed by atoms with Crippen LogP contribution in [0.25, 0.3) is 22.3 Å². The molecule has 0 atom stereocenters. The van der Waals surface area contributed by atoms with E-state index < -0.39 is 0 Å². The molecule has 0 spiro atoms. The molecule has 1 aliphatic carbocycles. The van der Waals surface area contributed by atoms with Crippen molar-refractivity contribution in [3.05, 3.63) is 82.9 Å². The molecule has 3 aromatic carbocycles.